The van der Waals surface area contributed by atoms with Crippen LogP contribution in [0.2, 0.25) is 0 Å². The molecule has 1 unspecified atom stereocenters. The van der Waals surface area contributed by atoms with Crippen molar-refractivity contribution in [3.8, 4) is 11.8 Å². The second-order valence-electron chi connectivity index (χ2n) is 7.44. The molecule has 1 N–H and O–H groups in total. The molecule has 1 atom stereocenters. The lowest BCUT2D eigenvalue weighted by atomic mass is 10.0. The molecule has 1 saturated carbocycles. The Labute approximate surface area is 166 Å². The topological polar surface area (TPSA) is 79.9 Å². The van der Waals surface area contributed by atoms with Crippen LogP contribution in [0.5, 0.6) is 5.75 Å². The Morgan fingerprint density at radius 1 is 1.36 bits per heavy atom. The summed E-state index contributed by atoms with van der Waals surface area (Å²) in [6.45, 7) is 4.57. The van der Waals surface area contributed by atoms with Gasteiger partial charge in [-0.1, -0.05) is 12.1 Å². The van der Waals surface area contributed by atoms with Crippen molar-refractivity contribution in [3.05, 3.63) is 46.8 Å². The molecule has 1 fully saturated rings. The van der Waals surface area contributed by atoms with Gasteiger partial charge in [0.15, 0.2) is 0 Å². The zero-order chi connectivity index (χ0) is 20.1. The maximum absolute atomic E-state index is 12.7. The first-order valence-electron chi connectivity index (χ1n) is 9.86. The number of carbonyl (C=O) groups is 1. The Morgan fingerprint density at radius 2 is 2.07 bits per heavy atom. The number of hydrogen-bond donors (Lipinski definition) is 1. The van der Waals surface area contributed by atoms with Crippen molar-refractivity contribution in [3.63, 3.8) is 0 Å². The molecule has 6 heteroatoms. The molecule has 1 heterocycles. The molecule has 2 aromatic rings. The summed E-state index contributed by atoms with van der Waals surface area (Å²) in [4.78, 5) is 12.7. The lowest BCUT2D eigenvalue weighted by molar-refractivity contribution is -0.122. The molecule has 1 aromatic heterocycles. The van der Waals surface area contributed by atoms with Crippen molar-refractivity contribution in [2.45, 2.75) is 58.5 Å². The van der Waals surface area contributed by atoms with Gasteiger partial charge in [-0.3, -0.25) is 9.48 Å². The van der Waals surface area contributed by atoms with E-state index in [1.807, 2.05) is 42.8 Å². The van der Waals surface area contributed by atoms with Gasteiger partial charge in [0.25, 0.3) is 0 Å². The first-order valence-corrected chi connectivity index (χ1v) is 9.86. The Morgan fingerprint density at radius 3 is 2.68 bits per heavy atom. The van der Waals surface area contributed by atoms with Crippen LogP contribution >= 0.6 is 0 Å². The second-order valence-corrected chi connectivity index (χ2v) is 7.44. The van der Waals surface area contributed by atoms with Gasteiger partial charge in [-0.05, 0) is 62.3 Å². The average molecular weight is 380 g/mol. The molecule has 0 radical (unpaired) electrons. The number of nitrogens with zero attached hydrogens (tertiary/aromatic N) is 3. The predicted molar refractivity (Wildman–Crippen MR) is 107 cm³/mol. The molecule has 28 heavy (non-hydrogen) atoms. The zero-order valence-corrected chi connectivity index (χ0v) is 16.9. The summed E-state index contributed by atoms with van der Waals surface area (Å²) in [6.07, 6.45) is 3.84. The fourth-order valence-corrected chi connectivity index (χ4v) is 3.67. The smallest absolute Gasteiger partial charge is 0.220 e. The van der Waals surface area contributed by atoms with E-state index in [0.717, 1.165) is 41.1 Å². The number of methoxy groups -OCH3 is 1. The van der Waals surface area contributed by atoms with Gasteiger partial charge in [0.1, 0.15) is 5.75 Å². The molecule has 1 aliphatic rings. The van der Waals surface area contributed by atoms with Gasteiger partial charge in [0.05, 0.1) is 37.9 Å². The molecule has 1 aliphatic carbocycles. The van der Waals surface area contributed by atoms with E-state index < -0.39 is 0 Å². The third-order valence-electron chi connectivity index (χ3n) is 5.45. The first-order chi connectivity index (χ1) is 13.5. The quantitative estimate of drug-likeness (QED) is 0.720. The summed E-state index contributed by atoms with van der Waals surface area (Å²) >= 11 is 0. The zero-order valence-electron chi connectivity index (χ0n) is 16.9. The normalized spacial score (nSPS) is 14.4. The van der Waals surface area contributed by atoms with Gasteiger partial charge in [-0.2, -0.15) is 10.4 Å². The van der Waals surface area contributed by atoms with E-state index in [2.05, 4.69) is 16.5 Å². The molecule has 3 rings (SSSR count). The van der Waals surface area contributed by atoms with Crippen LogP contribution in [-0.4, -0.2) is 22.8 Å². The highest BCUT2D eigenvalue weighted by Crippen LogP contribution is 2.41. The molecule has 0 saturated heterocycles. The van der Waals surface area contributed by atoms with E-state index in [-0.39, 0.29) is 11.9 Å². The molecule has 1 amide bonds. The summed E-state index contributed by atoms with van der Waals surface area (Å²) in [5.41, 5.74) is 4.24. The Bertz CT molecular complexity index is 860. The standard InChI is InChI=1S/C22H28N4O2/c1-15-20(16(2)26(25-15)14-4-13-23)11-12-21(27)24-22(17-5-6-17)18-7-9-19(28-3)10-8-18/h7-10,17,22H,4-6,11-12,14H2,1-3H3,(H,24,27). The van der Waals surface area contributed by atoms with Gasteiger partial charge < -0.3 is 10.1 Å². The van der Waals surface area contributed by atoms with E-state index in [1.165, 1.54) is 0 Å². The number of rotatable bonds is 9. The van der Waals surface area contributed by atoms with Crippen LogP contribution < -0.4 is 10.1 Å². The van der Waals surface area contributed by atoms with Crippen LogP contribution in [0.1, 0.15) is 54.2 Å². The van der Waals surface area contributed by atoms with Crippen LogP contribution in [0.4, 0.5) is 0 Å². The molecule has 1 aromatic carbocycles. The number of carbonyl (C=O) groups excluding carboxylic acids is 1. The summed E-state index contributed by atoms with van der Waals surface area (Å²) in [6, 6.07) is 10.2. The number of nitriles is 1. The Hall–Kier alpha value is -2.81. The SMILES string of the molecule is COc1ccc(C(NC(=O)CCc2c(C)nn(CCC#N)c2C)C2CC2)cc1. The number of nitrogens with one attached hydrogen (secondary N) is 1. The lowest BCUT2D eigenvalue weighted by Gasteiger charge is -2.19. The average Bonchev–Trinajstić information content (AvgIpc) is 3.50. The number of aromatic nitrogens is 2. The number of hydrogen-bond acceptors (Lipinski definition) is 4. The van der Waals surface area contributed by atoms with Gasteiger partial charge in [-0.15, -0.1) is 0 Å². The van der Waals surface area contributed by atoms with Crippen molar-refractivity contribution in [1.29, 1.82) is 5.26 Å². The van der Waals surface area contributed by atoms with Gasteiger partial charge in [-0.25, -0.2) is 0 Å². The number of benzene rings is 1. The van der Waals surface area contributed by atoms with Crippen molar-refractivity contribution in [1.82, 2.24) is 15.1 Å². The fraction of sp³-hybridized carbons (Fsp3) is 0.500. The molecule has 0 spiro atoms. The minimum atomic E-state index is 0.0660. The second kappa shape index (κ2) is 8.92. The molecular weight excluding hydrogens is 352 g/mol. The highest BCUT2D eigenvalue weighted by Gasteiger charge is 2.33. The largest absolute Gasteiger partial charge is 0.497 e. The monoisotopic (exact) mass is 380 g/mol. The highest BCUT2D eigenvalue weighted by atomic mass is 16.5. The Kier molecular flexibility index (Phi) is 6.35. The van der Waals surface area contributed by atoms with Crippen molar-refractivity contribution < 1.29 is 9.53 Å². The van der Waals surface area contributed by atoms with Crippen LogP contribution in [0.25, 0.3) is 0 Å². The number of amides is 1. The van der Waals surface area contributed by atoms with Crippen molar-refractivity contribution in [2.24, 2.45) is 5.92 Å². The summed E-state index contributed by atoms with van der Waals surface area (Å²) in [7, 11) is 1.65. The maximum atomic E-state index is 12.7. The summed E-state index contributed by atoms with van der Waals surface area (Å²) < 4.78 is 7.10. The summed E-state index contributed by atoms with van der Waals surface area (Å²) in [5.74, 6) is 1.41. The van der Waals surface area contributed by atoms with E-state index >= 15 is 0 Å². The Balaban J connectivity index is 1.61. The summed E-state index contributed by atoms with van der Waals surface area (Å²) in [5, 5.41) is 16.5. The van der Waals surface area contributed by atoms with Gasteiger partial charge >= 0.3 is 0 Å². The van der Waals surface area contributed by atoms with Crippen LogP contribution in [0.3, 0.4) is 0 Å². The van der Waals surface area contributed by atoms with E-state index in [9.17, 15) is 4.79 Å². The fourth-order valence-electron chi connectivity index (χ4n) is 3.67. The van der Waals surface area contributed by atoms with E-state index in [1.54, 1.807) is 7.11 Å². The van der Waals surface area contributed by atoms with Crippen LogP contribution in [0, 0.1) is 31.1 Å². The molecule has 0 bridgehead atoms. The minimum absolute atomic E-state index is 0.0660. The van der Waals surface area contributed by atoms with Gasteiger partial charge in [0.2, 0.25) is 5.91 Å². The molecule has 6 nitrogen and oxygen atoms in total. The minimum Gasteiger partial charge on any atom is -0.497 e. The third-order valence-corrected chi connectivity index (χ3v) is 5.45. The van der Waals surface area contributed by atoms with Crippen LogP contribution in [-0.2, 0) is 17.8 Å². The molecule has 0 aliphatic heterocycles. The first kappa shape index (κ1) is 19.9. The maximum Gasteiger partial charge on any atom is 0.220 e. The molecular formula is C22H28N4O2. The highest BCUT2D eigenvalue weighted by molar-refractivity contribution is 5.77. The van der Waals surface area contributed by atoms with Crippen molar-refractivity contribution >= 4 is 5.91 Å². The van der Waals surface area contributed by atoms with E-state index in [0.29, 0.717) is 31.7 Å². The van der Waals surface area contributed by atoms with Crippen LogP contribution in [0.15, 0.2) is 24.3 Å². The predicted octanol–water partition coefficient (Wildman–Crippen LogP) is 3.62. The van der Waals surface area contributed by atoms with E-state index in [4.69, 9.17) is 10.00 Å². The number of ether oxygens (including phenoxy) is 1. The third kappa shape index (κ3) is 4.72. The van der Waals surface area contributed by atoms with Gasteiger partial charge in [0, 0.05) is 12.1 Å². The lowest BCUT2D eigenvalue weighted by Crippen LogP contribution is -2.30. The molecule has 148 valence electrons. The van der Waals surface area contributed by atoms with Crippen molar-refractivity contribution in [2.75, 3.05) is 7.11 Å². The number of aryl methyl sites for hydroxylation is 2.